The molecule has 0 aliphatic heterocycles. The molecule has 0 heterocycles. The zero-order chi connectivity index (χ0) is 16.7. The van der Waals surface area contributed by atoms with E-state index in [0.717, 1.165) is 0 Å². The summed E-state index contributed by atoms with van der Waals surface area (Å²) in [7, 11) is 0. The first-order valence-electron chi connectivity index (χ1n) is 6.53. The van der Waals surface area contributed by atoms with Crippen molar-refractivity contribution >= 4 is 17.8 Å². The van der Waals surface area contributed by atoms with E-state index in [-0.39, 0.29) is 23.8 Å². The zero-order valence-corrected chi connectivity index (χ0v) is 11.9. The maximum atomic E-state index is 11.6. The number of hydrogen-bond donors (Lipinski definition) is 2. The number of aromatic hydroxyl groups is 1. The van der Waals surface area contributed by atoms with Gasteiger partial charge in [-0.1, -0.05) is 24.3 Å². The number of nitrogens with one attached hydrogen (secondary N) is 1. The number of phenols is 1. The highest BCUT2D eigenvalue weighted by Gasteiger charge is 2.06. The van der Waals surface area contributed by atoms with Crippen molar-refractivity contribution in [1.82, 2.24) is 5.43 Å². The molecule has 0 saturated heterocycles. The normalized spacial score (nSPS) is 10.4. The van der Waals surface area contributed by atoms with E-state index in [0.29, 0.717) is 5.56 Å². The van der Waals surface area contributed by atoms with Crippen LogP contribution < -0.4 is 10.2 Å². The summed E-state index contributed by atoms with van der Waals surface area (Å²) in [5.74, 6) is -0.416. The highest BCUT2D eigenvalue weighted by atomic mass is 16.6. The van der Waals surface area contributed by atoms with E-state index < -0.39 is 10.8 Å². The van der Waals surface area contributed by atoms with E-state index in [9.17, 15) is 20.0 Å². The molecule has 0 bridgehead atoms. The smallest absolute Gasteiger partial charge is 0.277 e. The van der Waals surface area contributed by atoms with E-state index in [4.69, 9.17) is 4.74 Å². The maximum absolute atomic E-state index is 11.6. The SMILES string of the molecule is O=C(COc1ccccc1O)N/N=C\c1cccc([N+](=O)[O-])c1. The van der Waals surface area contributed by atoms with Gasteiger partial charge in [0.25, 0.3) is 11.6 Å². The number of phenolic OH excluding ortho intramolecular Hbond substituents is 1. The maximum Gasteiger partial charge on any atom is 0.277 e. The molecule has 0 aliphatic rings. The third kappa shape index (κ3) is 4.81. The number of non-ortho nitro benzene ring substituents is 1. The van der Waals surface area contributed by atoms with Crippen LogP contribution in [0.5, 0.6) is 11.5 Å². The van der Waals surface area contributed by atoms with Gasteiger partial charge in [0.15, 0.2) is 18.1 Å². The molecule has 0 spiro atoms. The number of rotatable bonds is 6. The number of nitrogens with zero attached hydrogens (tertiary/aromatic N) is 2. The van der Waals surface area contributed by atoms with Crippen LogP contribution in [-0.4, -0.2) is 28.8 Å². The lowest BCUT2D eigenvalue weighted by molar-refractivity contribution is -0.384. The minimum atomic E-state index is -0.532. The third-order valence-corrected chi connectivity index (χ3v) is 2.71. The molecule has 2 rings (SSSR count). The van der Waals surface area contributed by atoms with Gasteiger partial charge >= 0.3 is 0 Å². The summed E-state index contributed by atoms with van der Waals surface area (Å²) in [5, 5.41) is 23.8. The van der Waals surface area contributed by atoms with Gasteiger partial charge in [-0.3, -0.25) is 14.9 Å². The molecule has 2 aromatic rings. The first-order chi connectivity index (χ1) is 11.1. The fourth-order valence-corrected chi connectivity index (χ4v) is 1.65. The molecule has 23 heavy (non-hydrogen) atoms. The Labute approximate surface area is 131 Å². The molecule has 2 N–H and O–H groups in total. The summed E-state index contributed by atoms with van der Waals surface area (Å²) in [6.07, 6.45) is 1.28. The number of amides is 1. The van der Waals surface area contributed by atoms with Crippen molar-refractivity contribution in [3.8, 4) is 11.5 Å². The molecule has 1 amide bonds. The Morgan fingerprint density at radius 1 is 1.30 bits per heavy atom. The van der Waals surface area contributed by atoms with Crippen molar-refractivity contribution in [2.24, 2.45) is 5.10 Å². The van der Waals surface area contributed by atoms with Crippen LogP contribution in [0.15, 0.2) is 53.6 Å². The quantitative estimate of drug-likeness (QED) is 0.479. The molecule has 2 aromatic carbocycles. The Kier molecular flexibility index (Phi) is 5.24. The first kappa shape index (κ1) is 16.0. The van der Waals surface area contributed by atoms with Crippen LogP contribution in [0.1, 0.15) is 5.56 Å². The number of para-hydroxylation sites is 2. The molecule has 0 atom stereocenters. The van der Waals surface area contributed by atoms with Crippen molar-refractivity contribution in [1.29, 1.82) is 0 Å². The number of benzene rings is 2. The molecule has 0 fully saturated rings. The predicted molar refractivity (Wildman–Crippen MR) is 82.4 cm³/mol. The number of carbonyl (C=O) groups excluding carboxylic acids is 1. The standard InChI is InChI=1S/C15H13N3O5/c19-13-6-1-2-7-14(13)23-10-15(20)17-16-9-11-4-3-5-12(8-11)18(21)22/h1-9,19H,10H2,(H,17,20)/b16-9-. The number of hydrogen-bond acceptors (Lipinski definition) is 6. The summed E-state index contributed by atoms with van der Waals surface area (Å²) in [6.45, 7) is -0.330. The molecule has 0 radical (unpaired) electrons. The molecular formula is C15H13N3O5. The van der Waals surface area contributed by atoms with E-state index in [1.165, 1.54) is 36.5 Å². The predicted octanol–water partition coefficient (Wildman–Crippen LogP) is 1.83. The second-order valence-electron chi connectivity index (χ2n) is 4.40. The lowest BCUT2D eigenvalue weighted by Gasteiger charge is -2.06. The van der Waals surface area contributed by atoms with Crippen molar-refractivity contribution in [3.63, 3.8) is 0 Å². The first-order valence-corrected chi connectivity index (χ1v) is 6.53. The summed E-state index contributed by atoms with van der Waals surface area (Å²) < 4.78 is 5.13. The van der Waals surface area contributed by atoms with Crippen molar-refractivity contribution in [2.45, 2.75) is 0 Å². The van der Waals surface area contributed by atoms with E-state index in [2.05, 4.69) is 10.5 Å². The molecule has 118 valence electrons. The molecule has 0 unspecified atom stereocenters. The van der Waals surface area contributed by atoms with Crippen LogP contribution >= 0.6 is 0 Å². The van der Waals surface area contributed by atoms with Gasteiger partial charge in [0, 0.05) is 17.7 Å². The van der Waals surface area contributed by atoms with Crippen LogP contribution in [-0.2, 0) is 4.79 Å². The minimum absolute atomic E-state index is 0.0665. The largest absolute Gasteiger partial charge is 0.504 e. The van der Waals surface area contributed by atoms with Crippen LogP contribution in [0.4, 0.5) is 5.69 Å². The highest BCUT2D eigenvalue weighted by molar-refractivity contribution is 5.83. The number of carbonyl (C=O) groups is 1. The van der Waals surface area contributed by atoms with Gasteiger partial charge in [-0.25, -0.2) is 5.43 Å². The van der Waals surface area contributed by atoms with E-state index in [1.54, 1.807) is 18.2 Å². The lowest BCUT2D eigenvalue weighted by Crippen LogP contribution is -2.24. The Morgan fingerprint density at radius 3 is 2.83 bits per heavy atom. The average molecular weight is 315 g/mol. The number of nitro groups is 1. The summed E-state index contributed by atoms with van der Waals surface area (Å²) in [4.78, 5) is 21.7. The Morgan fingerprint density at radius 2 is 2.09 bits per heavy atom. The minimum Gasteiger partial charge on any atom is -0.504 e. The van der Waals surface area contributed by atoms with Gasteiger partial charge in [-0.05, 0) is 12.1 Å². The lowest BCUT2D eigenvalue weighted by atomic mass is 10.2. The van der Waals surface area contributed by atoms with Gasteiger partial charge in [0.05, 0.1) is 11.1 Å². The number of hydrazone groups is 1. The van der Waals surface area contributed by atoms with Gasteiger partial charge in [0.1, 0.15) is 0 Å². The van der Waals surface area contributed by atoms with Crippen LogP contribution in [0.25, 0.3) is 0 Å². The molecule has 8 heteroatoms. The second-order valence-corrected chi connectivity index (χ2v) is 4.40. The second kappa shape index (κ2) is 7.55. The number of ether oxygens (including phenoxy) is 1. The van der Waals surface area contributed by atoms with Crippen LogP contribution in [0.3, 0.4) is 0 Å². The van der Waals surface area contributed by atoms with Crippen LogP contribution in [0.2, 0.25) is 0 Å². The summed E-state index contributed by atoms with van der Waals surface area (Å²) >= 11 is 0. The molecule has 8 nitrogen and oxygen atoms in total. The van der Waals surface area contributed by atoms with E-state index >= 15 is 0 Å². The molecule has 0 saturated carbocycles. The summed E-state index contributed by atoms with van der Waals surface area (Å²) in [6, 6.07) is 12.1. The fourth-order valence-electron chi connectivity index (χ4n) is 1.65. The van der Waals surface area contributed by atoms with Crippen molar-refractivity contribution in [3.05, 3.63) is 64.2 Å². The number of nitro benzene ring substituents is 1. The Balaban J connectivity index is 1.85. The zero-order valence-electron chi connectivity index (χ0n) is 11.9. The van der Waals surface area contributed by atoms with Gasteiger partial charge < -0.3 is 9.84 Å². The van der Waals surface area contributed by atoms with Crippen molar-refractivity contribution < 1.29 is 19.6 Å². The topological polar surface area (TPSA) is 114 Å². The Bertz CT molecular complexity index is 745. The van der Waals surface area contributed by atoms with Gasteiger partial charge in [-0.15, -0.1) is 0 Å². The average Bonchev–Trinajstić information content (AvgIpc) is 2.54. The van der Waals surface area contributed by atoms with Crippen LogP contribution in [0, 0.1) is 10.1 Å². The third-order valence-electron chi connectivity index (χ3n) is 2.71. The molecule has 0 aromatic heterocycles. The fraction of sp³-hybridized carbons (Fsp3) is 0.0667. The van der Waals surface area contributed by atoms with E-state index in [1.807, 2.05) is 0 Å². The molecular weight excluding hydrogens is 302 g/mol. The van der Waals surface area contributed by atoms with Crippen molar-refractivity contribution in [2.75, 3.05) is 6.61 Å². The molecule has 0 aliphatic carbocycles. The Hall–Kier alpha value is -3.42. The van der Waals surface area contributed by atoms with Gasteiger partial charge in [-0.2, -0.15) is 5.10 Å². The summed E-state index contributed by atoms with van der Waals surface area (Å²) in [5.41, 5.74) is 2.63. The van der Waals surface area contributed by atoms with Gasteiger partial charge in [0.2, 0.25) is 0 Å². The monoisotopic (exact) mass is 315 g/mol. The highest BCUT2D eigenvalue weighted by Crippen LogP contribution is 2.23.